The lowest BCUT2D eigenvalue weighted by Crippen LogP contribution is -2.28. The van der Waals surface area contributed by atoms with Crippen LogP contribution < -0.4 is 4.72 Å². The molecular weight excluding hydrogens is 321 g/mol. The molecule has 1 aromatic carbocycles. The molecule has 1 heterocycles. The highest BCUT2D eigenvalue weighted by Gasteiger charge is 2.31. The number of rotatable bonds is 4. The van der Waals surface area contributed by atoms with Gasteiger partial charge in [-0.15, -0.1) is 10.2 Å². The van der Waals surface area contributed by atoms with E-state index in [1.54, 1.807) is 18.5 Å². The van der Waals surface area contributed by atoms with Gasteiger partial charge in [-0.05, 0) is 31.2 Å². The fourth-order valence-electron chi connectivity index (χ4n) is 1.86. The van der Waals surface area contributed by atoms with E-state index in [2.05, 4.69) is 14.9 Å². The van der Waals surface area contributed by atoms with E-state index in [1.807, 2.05) is 0 Å². The largest absolute Gasteiger partial charge is 0.416 e. The van der Waals surface area contributed by atoms with Crippen molar-refractivity contribution < 1.29 is 21.6 Å². The molecule has 0 radical (unpaired) electrons. The minimum atomic E-state index is -4.51. The lowest BCUT2D eigenvalue weighted by Gasteiger charge is -2.14. The Bertz CT molecular complexity index is 753. The third kappa shape index (κ3) is 3.45. The van der Waals surface area contributed by atoms with Crippen LogP contribution in [0.3, 0.4) is 0 Å². The topological polar surface area (TPSA) is 76.9 Å². The minimum Gasteiger partial charge on any atom is -0.319 e. The number of benzene rings is 1. The molecular formula is C12H13F3N4O2S. The Hall–Kier alpha value is -1.94. The van der Waals surface area contributed by atoms with Gasteiger partial charge in [0.2, 0.25) is 10.0 Å². The molecule has 0 spiro atoms. The summed E-state index contributed by atoms with van der Waals surface area (Å²) in [5.41, 5.74) is -0.909. The zero-order valence-corrected chi connectivity index (χ0v) is 12.5. The second-order valence-electron chi connectivity index (χ2n) is 4.67. The van der Waals surface area contributed by atoms with Crippen molar-refractivity contribution in [2.45, 2.75) is 24.0 Å². The van der Waals surface area contributed by atoms with Crippen LogP contribution in [-0.4, -0.2) is 23.2 Å². The van der Waals surface area contributed by atoms with Crippen molar-refractivity contribution in [1.29, 1.82) is 0 Å². The lowest BCUT2D eigenvalue weighted by atomic mass is 10.2. The molecule has 1 unspecified atom stereocenters. The molecule has 2 rings (SSSR count). The maximum Gasteiger partial charge on any atom is 0.416 e. The van der Waals surface area contributed by atoms with Gasteiger partial charge in [0.05, 0.1) is 16.5 Å². The number of sulfonamides is 1. The summed E-state index contributed by atoms with van der Waals surface area (Å²) in [6.07, 6.45) is -3.10. The van der Waals surface area contributed by atoms with Crippen LogP contribution >= 0.6 is 0 Å². The van der Waals surface area contributed by atoms with Crippen molar-refractivity contribution >= 4 is 10.0 Å². The van der Waals surface area contributed by atoms with Crippen LogP contribution in [0.4, 0.5) is 13.2 Å². The van der Waals surface area contributed by atoms with Gasteiger partial charge in [0.1, 0.15) is 12.2 Å². The second kappa shape index (κ2) is 5.69. The van der Waals surface area contributed by atoms with Gasteiger partial charge in [0.25, 0.3) is 0 Å². The first-order valence-corrected chi connectivity index (χ1v) is 7.63. The Morgan fingerprint density at radius 2 is 1.82 bits per heavy atom. The highest BCUT2D eigenvalue weighted by molar-refractivity contribution is 7.89. The van der Waals surface area contributed by atoms with Crippen molar-refractivity contribution in [2.75, 3.05) is 0 Å². The van der Waals surface area contributed by atoms with Gasteiger partial charge in [-0.1, -0.05) is 0 Å². The molecule has 0 saturated heterocycles. The predicted molar refractivity (Wildman–Crippen MR) is 71.2 cm³/mol. The maximum absolute atomic E-state index is 12.5. The Morgan fingerprint density at radius 1 is 1.23 bits per heavy atom. The molecule has 22 heavy (non-hydrogen) atoms. The molecule has 2 aromatic rings. The number of nitrogens with zero attached hydrogens (tertiary/aromatic N) is 3. The van der Waals surface area contributed by atoms with Crippen molar-refractivity contribution in [2.24, 2.45) is 7.05 Å². The average molecular weight is 334 g/mol. The Balaban J connectivity index is 2.22. The second-order valence-corrected chi connectivity index (χ2v) is 6.38. The van der Waals surface area contributed by atoms with Gasteiger partial charge in [0.15, 0.2) is 0 Å². The van der Waals surface area contributed by atoms with Gasteiger partial charge in [-0.3, -0.25) is 0 Å². The van der Waals surface area contributed by atoms with Gasteiger partial charge in [0, 0.05) is 7.05 Å². The van der Waals surface area contributed by atoms with E-state index in [4.69, 9.17) is 0 Å². The van der Waals surface area contributed by atoms with Crippen molar-refractivity contribution in [1.82, 2.24) is 19.5 Å². The molecule has 0 bridgehead atoms. The molecule has 0 aliphatic rings. The number of hydrogen-bond acceptors (Lipinski definition) is 4. The summed E-state index contributed by atoms with van der Waals surface area (Å²) in [4.78, 5) is -0.255. The molecule has 1 atom stereocenters. The lowest BCUT2D eigenvalue weighted by molar-refractivity contribution is -0.137. The number of alkyl halides is 3. The number of aryl methyl sites for hydroxylation is 1. The molecule has 10 heteroatoms. The number of aromatic nitrogens is 3. The van der Waals surface area contributed by atoms with E-state index < -0.39 is 27.8 Å². The van der Waals surface area contributed by atoms with Crippen LogP contribution in [0.25, 0.3) is 0 Å². The minimum absolute atomic E-state index is 0.255. The molecule has 6 nitrogen and oxygen atoms in total. The van der Waals surface area contributed by atoms with Crippen LogP contribution in [0.2, 0.25) is 0 Å². The Labute approximate surface area is 125 Å². The molecule has 120 valence electrons. The van der Waals surface area contributed by atoms with Crippen LogP contribution in [-0.2, 0) is 23.2 Å². The monoisotopic (exact) mass is 334 g/mol. The van der Waals surface area contributed by atoms with E-state index in [1.165, 1.54) is 6.33 Å². The third-order valence-electron chi connectivity index (χ3n) is 2.96. The van der Waals surface area contributed by atoms with Gasteiger partial charge < -0.3 is 4.57 Å². The van der Waals surface area contributed by atoms with E-state index >= 15 is 0 Å². The third-order valence-corrected chi connectivity index (χ3v) is 4.51. The summed E-state index contributed by atoms with van der Waals surface area (Å²) in [6.45, 7) is 1.56. The zero-order chi connectivity index (χ0) is 16.5. The first-order chi connectivity index (χ1) is 10.1. The normalized spacial score (nSPS) is 14.0. The Kier molecular flexibility index (Phi) is 4.25. The maximum atomic E-state index is 12.5. The predicted octanol–water partition coefficient (Wildman–Crippen LogP) is 1.87. The van der Waals surface area contributed by atoms with Crippen LogP contribution in [0, 0.1) is 0 Å². The molecule has 0 saturated carbocycles. The zero-order valence-electron chi connectivity index (χ0n) is 11.7. The molecule has 0 amide bonds. The van der Waals surface area contributed by atoms with Crippen molar-refractivity contribution in [3.63, 3.8) is 0 Å². The van der Waals surface area contributed by atoms with Crippen molar-refractivity contribution in [3.05, 3.63) is 42.0 Å². The summed E-state index contributed by atoms with van der Waals surface area (Å²) in [5.74, 6) is 0.385. The van der Waals surface area contributed by atoms with E-state index in [9.17, 15) is 21.6 Å². The number of nitrogens with one attached hydrogen (secondary N) is 1. The highest BCUT2D eigenvalue weighted by atomic mass is 32.2. The van der Waals surface area contributed by atoms with E-state index in [-0.39, 0.29) is 4.90 Å². The van der Waals surface area contributed by atoms with Crippen molar-refractivity contribution in [3.8, 4) is 0 Å². The molecule has 0 aliphatic carbocycles. The number of halogens is 3. The fourth-order valence-corrected chi connectivity index (χ4v) is 3.06. The summed E-state index contributed by atoms with van der Waals surface area (Å²) >= 11 is 0. The van der Waals surface area contributed by atoms with Crippen LogP contribution in [0.15, 0.2) is 35.5 Å². The molecule has 1 N–H and O–H groups in total. The summed E-state index contributed by atoms with van der Waals surface area (Å²) in [5, 5.41) is 7.41. The average Bonchev–Trinajstić information content (AvgIpc) is 2.84. The number of hydrogen-bond donors (Lipinski definition) is 1. The molecule has 0 aliphatic heterocycles. The molecule has 0 fully saturated rings. The highest BCUT2D eigenvalue weighted by Crippen LogP contribution is 2.29. The van der Waals surface area contributed by atoms with E-state index in [0.29, 0.717) is 5.82 Å². The first-order valence-electron chi connectivity index (χ1n) is 6.15. The van der Waals surface area contributed by atoms with Gasteiger partial charge in [-0.25, -0.2) is 13.1 Å². The van der Waals surface area contributed by atoms with Crippen LogP contribution in [0.1, 0.15) is 24.4 Å². The smallest absolute Gasteiger partial charge is 0.319 e. The molecule has 1 aromatic heterocycles. The summed E-state index contributed by atoms with van der Waals surface area (Å²) < 4.78 is 65.6. The summed E-state index contributed by atoms with van der Waals surface area (Å²) in [7, 11) is -2.31. The van der Waals surface area contributed by atoms with E-state index in [0.717, 1.165) is 24.3 Å². The first kappa shape index (κ1) is 16.4. The SMILES string of the molecule is CC(NS(=O)(=O)c1ccc(C(F)(F)F)cc1)c1nncn1C. The Morgan fingerprint density at radius 3 is 2.27 bits per heavy atom. The quantitative estimate of drug-likeness (QED) is 0.926. The van der Waals surface area contributed by atoms with Gasteiger partial charge >= 0.3 is 6.18 Å². The fraction of sp³-hybridized carbons (Fsp3) is 0.333. The standard InChI is InChI=1S/C12H13F3N4O2S/c1-8(11-17-16-7-19(11)2)18-22(20,21)10-5-3-9(4-6-10)12(13,14)15/h3-8,18H,1-2H3. The van der Waals surface area contributed by atoms with Gasteiger partial charge in [-0.2, -0.15) is 13.2 Å². The van der Waals surface area contributed by atoms with Crippen LogP contribution in [0.5, 0.6) is 0 Å². The summed E-state index contributed by atoms with van der Waals surface area (Å²) in [6, 6.07) is 2.59.